The number of anilines is 1. The highest BCUT2D eigenvalue weighted by atomic mass is 32.2. The quantitative estimate of drug-likeness (QED) is 0.0890. The number of benzene rings is 4. The number of carbonyl (C=O) groups is 3. The van der Waals surface area contributed by atoms with Crippen molar-refractivity contribution in [1.29, 1.82) is 0 Å². The van der Waals surface area contributed by atoms with Gasteiger partial charge in [-0.3, -0.25) is 18.9 Å². The zero-order chi connectivity index (χ0) is 36.7. The minimum absolute atomic E-state index is 0.0802. The third kappa shape index (κ3) is 9.66. The molecule has 0 aromatic heterocycles. The van der Waals surface area contributed by atoms with Gasteiger partial charge in [0, 0.05) is 12.2 Å². The molecule has 4 unspecified atom stereocenters. The van der Waals surface area contributed by atoms with Crippen LogP contribution in [-0.2, 0) is 24.5 Å². The number of carbonyl (C=O) groups excluding carboxylic acids is 3. The summed E-state index contributed by atoms with van der Waals surface area (Å²) in [5, 5.41) is 25.2. The van der Waals surface area contributed by atoms with Gasteiger partial charge < -0.3 is 30.5 Å². The van der Waals surface area contributed by atoms with E-state index in [9.17, 15) is 41.8 Å². The summed E-state index contributed by atoms with van der Waals surface area (Å²) >= 11 is 0. The summed E-state index contributed by atoms with van der Waals surface area (Å²) in [6, 6.07) is 21.3. The predicted molar refractivity (Wildman–Crippen MR) is 181 cm³/mol. The summed E-state index contributed by atoms with van der Waals surface area (Å²) in [5.74, 6) is -3.61. The number of nitrogens with zero attached hydrogens (tertiary/aromatic N) is 1. The summed E-state index contributed by atoms with van der Waals surface area (Å²) in [6.07, 6.45) is -0.378. The Labute approximate surface area is 292 Å². The van der Waals surface area contributed by atoms with E-state index in [-0.39, 0.29) is 29.4 Å². The Balaban J connectivity index is 1.25. The number of hydrogen-bond donors (Lipinski definition) is 5. The lowest BCUT2D eigenvalue weighted by Gasteiger charge is -2.48. The number of aromatic hydroxyl groups is 1. The SMILES string of the molecule is O=C(COc1ccc(C2C(CCC(O)c3ccc(F)cc3)C(=O)N2c2ccc(F)cc2)cc1)NC(C(=O)NCCS(=O)(=O)O)c1ccc(O)cc1. The number of phenolic OH excluding ortho intramolecular Hbond substituents is 1. The van der Waals surface area contributed by atoms with Crippen molar-refractivity contribution in [2.45, 2.75) is 31.0 Å². The normalized spacial score (nSPS) is 16.9. The number of aliphatic hydroxyl groups is 1. The fourth-order valence-electron chi connectivity index (χ4n) is 5.77. The number of ether oxygens (including phenoxy) is 1. The lowest BCUT2D eigenvalue weighted by molar-refractivity contribution is -0.131. The van der Waals surface area contributed by atoms with E-state index in [1.54, 1.807) is 29.2 Å². The molecule has 3 amide bonds. The van der Waals surface area contributed by atoms with Gasteiger partial charge in [-0.05, 0) is 90.2 Å². The lowest BCUT2D eigenvalue weighted by Crippen LogP contribution is -2.55. The van der Waals surface area contributed by atoms with Crippen LogP contribution in [0.3, 0.4) is 0 Å². The second kappa shape index (κ2) is 16.1. The third-order valence-corrected chi connectivity index (χ3v) is 9.09. The van der Waals surface area contributed by atoms with Gasteiger partial charge in [-0.2, -0.15) is 8.42 Å². The molecule has 4 aromatic rings. The maximum absolute atomic E-state index is 13.7. The fraction of sp³-hybridized carbons (Fsp3) is 0.250. The second-order valence-corrected chi connectivity index (χ2v) is 13.5. The summed E-state index contributed by atoms with van der Waals surface area (Å²) in [6.45, 7) is -0.925. The Kier molecular flexibility index (Phi) is 11.6. The molecule has 5 rings (SSSR count). The predicted octanol–water partition coefficient (Wildman–Crippen LogP) is 4.13. The summed E-state index contributed by atoms with van der Waals surface area (Å²) < 4.78 is 63.7. The first-order valence-corrected chi connectivity index (χ1v) is 17.5. The van der Waals surface area contributed by atoms with Crippen LogP contribution in [0.15, 0.2) is 97.1 Å². The lowest BCUT2D eigenvalue weighted by atomic mass is 9.78. The van der Waals surface area contributed by atoms with Crippen LogP contribution < -0.4 is 20.3 Å². The molecular weight excluding hydrogens is 688 g/mol. The van der Waals surface area contributed by atoms with E-state index in [1.165, 1.54) is 72.8 Å². The number of nitrogens with one attached hydrogen (secondary N) is 2. The molecule has 1 saturated heterocycles. The monoisotopic (exact) mass is 723 g/mol. The average molecular weight is 724 g/mol. The van der Waals surface area contributed by atoms with Crippen LogP contribution in [0.2, 0.25) is 0 Å². The molecule has 0 spiro atoms. The van der Waals surface area contributed by atoms with Crippen molar-refractivity contribution in [2.24, 2.45) is 5.92 Å². The van der Waals surface area contributed by atoms with E-state index in [1.807, 2.05) is 0 Å². The Morgan fingerprint density at radius 3 is 2.06 bits per heavy atom. The molecule has 0 saturated carbocycles. The number of aliphatic hydroxyl groups excluding tert-OH is 1. The number of rotatable bonds is 15. The molecule has 0 aliphatic carbocycles. The van der Waals surface area contributed by atoms with Crippen molar-refractivity contribution in [1.82, 2.24) is 10.6 Å². The van der Waals surface area contributed by atoms with Crippen LogP contribution in [0.25, 0.3) is 0 Å². The topological polar surface area (TPSA) is 183 Å². The average Bonchev–Trinajstić information content (AvgIpc) is 3.10. The van der Waals surface area contributed by atoms with Crippen molar-refractivity contribution >= 4 is 33.5 Å². The third-order valence-electron chi connectivity index (χ3n) is 8.37. The van der Waals surface area contributed by atoms with E-state index >= 15 is 0 Å². The van der Waals surface area contributed by atoms with Crippen molar-refractivity contribution in [2.75, 3.05) is 23.8 Å². The van der Waals surface area contributed by atoms with Crippen molar-refractivity contribution < 1.29 is 51.1 Å². The van der Waals surface area contributed by atoms with E-state index in [0.717, 1.165) is 0 Å². The van der Waals surface area contributed by atoms with Gasteiger partial charge in [0.05, 0.1) is 23.8 Å². The van der Waals surface area contributed by atoms with Gasteiger partial charge in [-0.25, -0.2) is 8.78 Å². The smallest absolute Gasteiger partial charge is 0.266 e. The Morgan fingerprint density at radius 1 is 0.863 bits per heavy atom. The first kappa shape index (κ1) is 36.9. The first-order chi connectivity index (χ1) is 24.3. The molecule has 1 fully saturated rings. The van der Waals surface area contributed by atoms with Crippen LogP contribution in [-0.4, -0.2) is 59.8 Å². The molecule has 4 aromatic carbocycles. The van der Waals surface area contributed by atoms with Gasteiger partial charge in [0.15, 0.2) is 6.61 Å². The number of hydrogen-bond acceptors (Lipinski definition) is 8. The van der Waals surface area contributed by atoms with Crippen molar-refractivity contribution in [3.63, 3.8) is 0 Å². The summed E-state index contributed by atoms with van der Waals surface area (Å²) in [7, 11) is -4.34. The van der Waals surface area contributed by atoms with E-state index < -0.39 is 76.6 Å². The maximum Gasteiger partial charge on any atom is 0.266 e. The molecule has 51 heavy (non-hydrogen) atoms. The molecule has 1 heterocycles. The van der Waals surface area contributed by atoms with Crippen LogP contribution in [0, 0.1) is 17.6 Å². The summed E-state index contributed by atoms with van der Waals surface area (Å²) in [4.78, 5) is 40.6. The molecule has 268 valence electrons. The highest BCUT2D eigenvalue weighted by Crippen LogP contribution is 2.46. The fourth-order valence-corrected chi connectivity index (χ4v) is 6.13. The van der Waals surface area contributed by atoms with Gasteiger partial charge in [0.1, 0.15) is 29.2 Å². The van der Waals surface area contributed by atoms with E-state index in [2.05, 4.69) is 10.6 Å². The van der Waals surface area contributed by atoms with Crippen molar-refractivity contribution in [3.05, 3.63) is 125 Å². The molecule has 1 aliphatic heterocycles. The number of phenols is 1. The van der Waals surface area contributed by atoms with Gasteiger partial charge >= 0.3 is 0 Å². The molecule has 5 N–H and O–H groups in total. The van der Waals surface area contributed by atoms with Gasteiger partial charge in [0.2, 0.25) is 11.8 Å². The maximum atomic E-state index is 13.7. The van der Waals surface area contributed by atoms with Crippen LogP contribution >= 0.6 is 0 Å². The minimum Gasteiger partial charge on any atom is -0.508 e. The van der Waals surface area contributed by atoms with Gasteiger partial charge in [0.25, 0.3) is 16.0 Å². The van der Waals surface area contributed by atoms with E-state index in [0.29, 0.717) is 23.2 Å². The van der Waals surface area contributed by atoms with Crippen molar-refractivity contribution in [3.8, 4) is 11.5 Å². The molecule has 1 aliphatic rings. The zero-order valence-electron chi connectivity index (χ0n) is 27.0. The van der Waals surface area contributed by atoms with Gasteiger partial charge in [-0.15, -0.1) is 0 Å². The minimum atomic E-state index is -4.34. The second-order valence-electron chi connectivity index (χ2n) is 11.9. The zero-order valence-corrected chi connectivity index (χ0v) is 27.8. The number of amides is 3. The molecule has 4 atom stereocenters. The highest BCUT2D eigenvalue weighted by Gasteiger charge is 2.48. The molecular formula is C36H35F2N3O9S. The number of halogens is 2. The van der Waals surface area contributed by atoms with Crippen LogP contribution in [0.4, 0.5) is 14.5 Å². The molecule has 0 radical (unpaired) electrons. The molecule has 12 nitrogen and oxygen atoms in total. The Bertz CT molecular complexity index is 1940. The van der Waals surface area contributed by atoms with E-state index in [4.69, 9.17) is 9.29 Å². The van der Waals surface area contributed by atoms with Gasteiger partial charge in [-0.1, -0.05) is 36.4 Å². The Hall–Kier alpha value is -5.38. The standard InChI is InChI=1S/C36H35F2N3O9S/c37-25-7-1-22(2-8-25)31(43)18-17-30-34(41(36(30)46)27-11-9-26(38)10-12-27)24-5-15-29(16-6-24)50-21-32(44)40-33(23-3-13-28(42)14-4-23)35(45)39-19-20-51(47,48)49/h1-16,30-31,33-34,42-43H,17-21H2,(H,39,45)(H,40,44)(H,47,48,49). The molecule has 15 heteroatoms. The molecule has 0 bridgehead atoms. The first-order valence-electron chi connectivity index (χ1n) is 15.8. The van der Waals surface area contributed by atoms with Crippen LogP contribution in [0.5, 0.6) is 11.5 Å². The largest absolute Gasteiger partial charge is 0.508 e. The van der Waals surface area contributed by atoms with Crippen LogP contribution in [0.1, 0.15) is 47.7 Å². The highest BCUT2D eigenvalue weighted by molar-refractivity contribution is 7.85. The summed E-state index contributed by atoms with van der Waals surface area (Å²) in [5.41, 5.74) is 2.01. The Morgan fingerprint density at radius 2 is 1.45 bits per heavy atom. The number of β-lactam (4-membered cyclic amide) rings is 1.